The standard InChI is InChI=1S/C13H18ClN/c1-13(2)11(7-8-15-13)9-10-5-3-4-6-12(10)14/h3-6,11,15H,7-9H2,1-2H3. The minimum absolute atomic E-state index is 0.249. The summed E-state index contributed by atoms with van der Waals surface area (Å²) in [6.07, 6.45) is 2.33. The molecular weight excluding hydrogens is 206 g/mol. The van der Waals surface area contributed by atoms with E-state index in [1.807, 2.05) is 12.1 Å². The van der Waals surface area contributed by atoms with E-state index in [0.717, 1.165) is 18.0 Å². The highest BCUT2D eigenvalue weighted by molar-refractivity contribution is 6.31. The number of halogens is 1. The van der Waals surface area contributed by atoms with Gasteiger partial charge in [-0.15, -0.1) is 0 Å². The predicted molar refractivity (Wildman–Crippen MR) is 65.3 cm³/mol. The molecule has 82 valence electrons. The highest BCUT2D eigenvalue weighted by atomic mass is 35.5. The molecule has 0 aliphatic carbocycles. The Labute approximate surface area is 96.8 Å². The van der Waals surface area contributed by atoms with Crippen molar-refractivity contribution in [2.75, 3.05) is 6.54 Å². The molecule has 1 saturated heterocycles. The van der Waals surface area contributed by atoms with Gasteiger partial charge in [0.2, 0.25) is 0 Å². The lowest BCUT2D eigenvalue weighted by molar-refractivity contribution is 0.333. The Morgan fingerprint density at radius 3 is 2.73 bits per heavy atom. The van der Waals surface area contributed by atoms with Gasteiger partial charge in [-0.2, -0.15) is 0 Å². The molecule has 1 unspecified atom stereocenters. The van der Waals surface area contributed by atoms with Crippen LogP contribution in [0.15, 0.2) is 24.3 Å². The van der Waals surface area contributed by atoms with E-state index in [-0.39, 0.29) is 5.54 Å². The average Bonchev–Trinajstić information content (AvgIpc) is 2.50. The zero-order valence-corrected chi connectivity index (χ0v) is 10.1. The van der Waals surface area contributed by atoms with Crippen molar-refractivity contribution in [3.05, 3.63) is 34.9 Å². The zero-order valence-electron chi connectivity index (χ0n) is 9.39. The van der Waals surface area contributed by atoms with Gasteiger partial charge in [-0.3, -0.25) is 0 Å². The van der Waals surface area contributed by atoms with Crippen LogP contribution in [0.3, 0.4) is 0 Å². The van der Waals surface area contributed by atoms with Crippen molar-refractivity contribution in [2.45, 2.75) is 32.2 Å². The van der Waals surface area contributed by atoms with Crippen molar-refractivity contribution < 1.29 is 0 Å². The monoisotopic (exact) mass is 223 g/mol. The van der Waals surface area contributed by atoms with Crippen LogP contribution < -0.4 is 5.32 Å². The van der Waals surface area contributed by atoms with E-state index < -0.39 is 0 Å². The summed E-state index contributed by atoms with van der Waals surface area (Å²) in [5.74, 6) is 0.692. The van der Waals surface area contributed by atoms with Gasteiger partial charge in [0, 0.05) is 10.6 Å². The molecule has 2 rings (SSSR count). The minimum Gasteiger partial charge on any atom is -0.311 e. The second-order valence-corrected chi connectivity index (χ2v) is 5.34. The molecule has 0 spiro atoms. The van der Waals surface area contributed by atoms with Gasteiger partial charge >= 0.3 is 0 Å². The van der Waals surface area contributed by atoms with E-state index in [0.29, 0.717) is 5.92 Å². The number of benzene rings is 1. The fraction of sp³-hybridized carbons (Fsp3) is 0.538. The summed E-state index contributed by atoms with van der Waals surface area (Å²) in [4.78, 5) is 0. The Morgan fingerprint density at radius 2 is 2.13 bits per heavy atom. The maximum absolute atomic E-state index is 6.18. The Hall–Kier alpha value is -0.530. The van der Waals surface area contributed by atoms with E-state index in [9.17, 15) is 0 Å². The van der Waals surface area contributed by atoms with Crippen LogP contribution in [0.2, 0.25) is 5.02 Å². The van der Waals surface area contributed by atoms with E-state index in [2.05, 4.69) is 31.3 Å². The first kappa shape index (κ1) is 11.0. The van der Waals surface area contributed by atoms with Crippen LogP contribution in [-0.4, -0.2) is 12.1 Å². The van der Waals surface area contributed by atoms with E-state index in [4.69, 9.17) is 11.6 Å². The van der Waals surface area contributed by atoms with Crippen LogP contribution >= 0.6 is 11.6 Å². The second-order valence-electron chi connectivity index (χ2n) is 4.93. The van der Waals surface area contributed by atoms with Gasteiger partial charge in [0.15, 0.2) is 0 Å². The Balaban J connectivity index is 2.12. The van der Waals surface area contributed by atoms with Crippen LogP contribution in [-0.2, 0) is 6.42 Å². The van der Waals surface area contributed by atoms with Crippen molar-refractivity contribution in [1.29, 1.82) is 0 Å². The summed E-state index contributed by atoms with van der Waals surface area (Å²) in [5.41, 5.74) is 1.53. The second kappa shape index (κ2) is 4.15. The summed E-state index contributed by atoms with van der Waals surface area (Å²) >= 11 is 6.18. The van der Waals surface area contributed by atoms with E-state index in [1.165, 1.54) is 12.0 Å². The van der Waals surface area contributed by atoms with Crippen LogP contribution in [0.4, 0.5) is 0 Å². The molecule has 2 heteroatoms. The highest BCUT2D eigenvalue weighted by Crippen LogP contribution is 2.31. The quantitative estimate of drug-likeness (QED) is 0.812. The van der Waals surface area contributed by atoms with Gasteiger partial charge < -0.3 is 5.32 Å². The van der Waals surface area contributed by atoms with Crippen LogP contribution in [0, 0.1) is 5.92 Å². The Morgan fingerprint density at radius 1 is 1.40 bits per heavy atom. The third kappa shape index (κ3) is 2.35. The number of rotatable bonds is 2. The zero-order chi connectivity index (χ0) is 10.9. The first-order valence-electron chi connectivity index (χ1n) is 5.58. The first-order chi connectivity index (χ1) is 7.09. The summed E-state index contributed by atoms with van der Waals surface area (Å²) in [6.45, 7) is 5.69. The molecule has 0 bridgehead atoms. The van der Waals surface area contributed by atoms with E-state index in [1.54, 1.807) is 0 Å². The van der Waals surface area contributed by atoms with Gasteiger partial charge in [-0.05, 0) is 50.8 Å². The van der Waals surface area contributed by atoms with Crippen molar-refractivity contribution in [3.63, 3.8) is 0 Å². The summed E-state index contributed by atoms with van der Waals surface area (Å²) in [5, 5.41) is 4.45. The largest absolute Gasteiger partial charge is 0.311 e. The lowest BCUT2D eigenvalue weighted by Gasteiger charge is -2.27. The number of hydrogen-bond donors (Lipinski definition) is 1. The molecule has 0 saturated carbocycles. The smallest absolute Gasteiger partial charge is 0.0438 e. The van der Waals surface area contributed by atoms with E-state index >= 15 is 0 Å². The SMILES string of the molecule is CC1(C)NCCC1Cc1ccccc1Cl. The molecule has 1 heterocycles. The van der Waals surface area contributed by atoms with Gasteiger partial charge in [-0.25, -0.2) is 0 Å². The molecule has 0 radical (unpaired) electrons. The summed E-state index contributed by atoms with van der Waals surface area (Å²) < 4.78 is 0. The Bertz CT molecular complexity index is 346. The molecule has 1 aromatic carbocycles. The average molecular weight is 224 g/mol. The van der Waals surface area contributed by atoms with Crippen LogP contribution in [0.5, 0.6) is 0 Å². The van der Waals surface area contributed by atoms with Crippen molar-refractivity contribution in [2.24, 2.45) is 5.92 Å². The fourth-order valence-corrected chi connectivity index (χ4v) is 2.57. The lowest BCUT2D eigenvalue weighted by Crippen LogP contribution is -2.38. The molecule has 1 nitrogen and oxygen atoms in total. The molecule has 1 aliphatic rings. The maximum Gasteiger partial charge on any atom is 0.0438 e. The topological polar surface area (TPSA) is 12.0 Å². The van der Waals surface area contributed by atoms with Crippen molar-refractivity contribution in [1.82, 2.24) is 5.32 Å². The number of hydrogen-bond acceptors (Lipinski definition) is 1. The van der Waals surface area contributed by atoms with Gasteiger partial charge in [0.1, 0.15) is 0 Å². The Kier molecular flexibility index (Phi) is 3.03. The van der Waals surface area contributed by atoms with Crippen molar-refractivity contribution in [3.8, 4) is 0 Å². The van der Waals surface area contributed by atoms with Gasteiger partial charge in [0.25, 0.3) is 0 Å². The third-order valence-electron chi connectivity index (χ3n) is 3.52. The van der Waals surface area contributed by atoms with Crippen molar-refractivity contribution >= 4 is 11.6 Å². The highest BCUT2D eigenvalue weighted by Gasteiger charge is 2.33. The van der Waals surface area contributed by atoms with Gasteiger partial charge in [-0.1, -0.05) is 29.8 Å². The molecule has 15 heavy (non-hydrogen) atoms. The van der Waals surface area contributed by atoms with Gasteiger partial charge in [0.05, 0.1) is 0 Å². The predicted octanol–water partition coefficient (Wildman–Crippen LogP) is 3.27. The molecule has 0 aromatic heterocycles. The molecule has 1 N–H and O–H groups in total. The van der Waals surface area contributed by atoms with Crippen LogP contribution in [0.1, 0.15) is 25.8 Å². The minimum atomic E-state index is 0.249. The molecule has 0 amide bonds. The summed E-state index contributed by atoms with van der Waals surface area (Å²) in [6, 6.07) is 8.17. The van der Waals surface area contributed by atoms with Crippen LogP contribution in [0.25, 0.3) is 0 Å². The molecular formula is C13H18ClN. The third-order valence-corrected chi connectivity index (χ3v) is 3.89. The molecule has 1 fully saturated rings. The summed E-state index contributed by atoms with van der Waals surface area (Å²) in [7, 11) is 0. The lowest BCUT2D eigenvalue weighted by atomic mass is 9.84. The molecule has 1 aliphatic heterocycles. The number of nitrogens with one attached hydrogen (secondary N) is 1. The fourth-order valence-electron chi connectivity index (χ4n) is 2.36. The molecule has 1 atom stereocenters. The first-order valence-corrected chi connectivity index (χ1v) is 5.96. The normalized spacial score (nSPS) is 24.3. The maximum atomic E-state index is 6.18. The molecule has 1 aromatic rings.